The Morgan fingerprint density at radius 3 is 2.62 bits per heavy atom. The minimum absolute atomic E-state index is 0.0299. The Morgan fingerprint density at radius 1 is 1.29 bits per heavy atom. The van der Waals surface area contributed by atoms with Crippen molar-refractivity contribution in [1.82, 2.24) is 10.6 Å². The monoisotopic (exact) mass is 283 g/mol. The lowest BCUT2D eigenvalue weighted by Crippen LogP contribution is -2.37. The number of ether oxygens (including phenoxy) is 1. The fraction of sp³-hybridized carbons (Fsp3) is 0.133. The van der Waals surface area contributed by atoms with Crippen LogP contribution in [0.3, 0.4) is 0 Å². The molecule has 0 aliphatic carbocycles. The van der Waals surface area contributed by atoms with Crippen molar-refractivity contribution in [2.24, 2.45) is 0 Å². The van der Waals surface area contributed by atoms with Crippen LogP contribution in [0, 0.1) is 11.3 Å². The molecule has 21 heavy (non-hydrogen) atoms. The van der Waals surface area contributed by atoms with Crippen molar-refractivity contribution in [2.75, 3.05) is 6.61 Å². The molecule has 0 spiro atoms. The van der Waals surface area contributed by atoms with Crippen LogP contribution in [0.1, 0.15) is 12.5 Å². The zero-order chi connectivity index (χ0) is 15.2. The van der Waals surface area contributed by atoms with E-state index in [0.29, 0.717) is 5.70 Å². The summed E-state index contributed by atoms with van der Waals surface area (Å²) in [6.45, 7) is 1.78. The molecule has 0 aromatic heterocycles. The van der Waals surface area contributed by atoms with Crippen molar-refractivity contribution in [2.45, 2.75) is 6.92 Å². The molecule has 1 aliphatic heterocycles. The number of rotatable bonds is 3. The van der Waals surface area contributed by atoms with E-state index in [0.717, 1.165) is 5.56 Å². The largest absolute Gasteiger partial charge is 0.462 e. The van der Waals surface area contributed by atoms with Crippen molar-refractivity contribution >= 4 is 17.6 Å². The molecule has 6 heteroatoms. The second-order valence-corrected chi connectivity index (χ2v) is 4.12. The Morgan fingerprint density at radius 2 is 2.00 bits per heavy atom. The molecule has 1 amide bonds. The Kier molecular flexibility index (Phi) is 4.36. The fourth-order valence-corrected chi connectivity index (χ4v) is 1.80. The molecular formula is C15H13N3O3. The van der Waals surface area contributed by atoms with Gasteiger partial charge in [0.15, 0.2) is 5.57 Å². The van der Waals surface area contributed by atoms with Crippen LogP contribution in [0.4, 0.5) is 0 Å². The van der Waals surface area contributed by atoms with E-state index in [9.17, 15) is 9.59 Å². The van der Waals surface area contributed by atoms with Crippen LogP contribution in [0.5, 0.6) is 0 Å². The second kappa shape index (κ2) is 6.39. The summed E-state index contributed by atoms with van der Waals surface area (Å²) < 4.78 is 4.79. The van der Waals surface area contributed by atoms with E-state index >= 15 is 0 Å². The summed E-state index contributed by atoms with van der Waals surface area (Å²) in [6.07, 6.45) is 1.36. The van der Waals surface area contributed by atoms with Gasteiger partial charge in [-0.2, -0.15) is 5.26 Å². The summed E-state index contributed by atoms with van der Waals surface area (Å²) in [7, 11) is 0. The molecule has 1 heterocycles. The van der Waals surface area contributed by atoms with Gasteiger partial charge < -0.3 is 15.4 Å². The van der Waals surface area contributed by atoms with E-state index in [4.69, 9.17) is 10.00 Å². The molecule has 0 radical (unpaired) electrons. The number of hydrogen-bond acceptors (Lipinski definition) is 5. The number of amides is 1. The third-order valence-corrected chi connectivity index (χ3v) is 2.71. The van der Waals surface area contributed by atoms with Crippen molar-refractivity contribution < 1.29 is 14.3 Å². The van der Waals surface area contributed by atoms with Crippen LogP contribution in [-0.4, -0.2) is 18.5 Å². The van der Waals surface area contributed by atoms with Gasteiger partial charge in [-0.25, -0.2) is 4.79 Å². The lowest BCUT2D eigenvalue weighted by molar-refractivity contribution is -0.138. The first-order chi connectivity index (χ1) is 10.2. The molecular weight excluding hydrogens is 270 g/mol. The number of benzene rings is 1. The van der Waals surface area contributed by atoms with Gasteiger partial charge in [-0.05, 0) is 12.5 Å². The highest BCUT2D eigenvalue weighted by atomic mass is 16.5. The van der Waals surface area contributed by atoms with Crippen LogP contribution in [-0.2, 0) is 14.3 Å². The Labute approximate surface area is 121 Å². The first kappa shape index (κ1) is 14.3. The van der Waals surface area contributed by atoms with Gasteiger partial charge in [-0.1, -0.05) is 30.3 Å². The lowest BCUT2D eigenvalue weighted by Gasteiger charge is -2.20. The second-order valence-electron chi connectivity index (χ2n) is 4.12. The Hall–Kier alpha value is -3.07. The molecule has 0 fully saturated rings. The maximum absolute atomic E-state index is 11.7. The van der Waals surface area contributed by atoms with Crippen molar-refractivity contribution in [3.8, 4) is 6.07 Å². The first-order valence-electron chi connectivity index (χ1n) is 6.32. The molecule has 1 aromatic carbocycles. The highest BCUT2D eigenvalue weighted by molar-refractivity contribution is 6.01. The third-order valence-electron chi connectivity index (χ3n) is 2.71. The van der Waals surface area contributed by atoms with Crippen LogP contribution >= 0.6 is 0 Å². The van der Waals surface area contributed by atoms with Gasteiger partial charge in [-0.15, -0.1) is 0 Å². The zero-order valence-electron chi connectivity index (χ0n) is 11.3. The van der Waals surface area contributed by atoms with Crippen LogP contribution in [0.15, 0.2) is 47.8 Å². The van der Waals surface area contributed by atoms with Crippen molar-refractivity contribution in [3.63, 3.8) is 0 Å². The van der Waals surface area contributed by atoms with E-state index in [1.54, 1.807) is 13.0 Å². The average Bonchev–Trinajstić information content (AvgIpc) is 2.48. The molecule has 0 atom stereocenters. The molecule has 1 aromatic rings. The molecule has 1 aliphatic rings. The van der Waals surface area contributed by atoms with Crippen LogP contribution in [0.25, 0.3) is 5.70 Å². The number of esters is 1. The summed E-state index contributed by atoms with van der Waals surface area (Å²) in [5, 5.41) is 14.4. The first-order valence-corrected chi connectivity index (χ1v) is 6.32. The summed E-state index contributed by atoms with van der Waals surface area (Å²) in [4.78, 5) is 23.4. The topological polar surface area (TPSA) is 91.2 Å². The maximum Gasteiger partial charge on any atom is 0.352 e. The number of nitriles is 1. The number of carbonyl (C=O) groups is 2. The zero-order valence-corrected chi connectivity index (χ0v) is 11.3. The minimum Gasteiger partial charge on any atom is -0.462 e. The highest BCUT2D eigenvalue weighted by Crippen LogP contribution is 2.16. The molecule has 0 saturated heterocycles. The van der Waals surface area contributed by atoms with E-state index in [2.05, 4.69) is 10.6 Å². The number of nitrogens with zero attached hydrogens (tertiary/aromatic N) is 1. The van der Waals surface area contributed by atoms with Crippen molar-refractivity contribution in [3.05, 3.63) is 53.4 Å². The van der Waals surface area contributed by atoms with E-state index in [1.165, 1.54) is 6.08 Å². The van der Waals surface area contributed by atoms with Crippen LogP contribution < -0.4 is 10.6 Å². The Balaban J connectivity index is 2.37. The predicted octanol–water partition coefficient (Wildman–Crippen LogP) is 1.05. The molecule has 2 N–H and O–H groups in total. The van der Waals surface area contributed by atoms with Gasteiger partial charge >= 0.3 is 5.97 Å². The summed E-state index contributed by atoms with van der Waals surface area (Å²) >= 11 is 0. The third kappa shape index (κ3) is 3.28. The van der Waals surface area contributed by atoms with Gasteiger partial charge in [0.1, 0.15) is 11.9 Å². The quantitative estimate of drug-likeness (QED) is 0.491. The lowest BCUT2D eigenvalue weighted by atomic mass is 10.1. The fourth-order valence-electron chi connectivity index (χ4n) is 1.80. The van der Waals surface area contributed by atoms with Gasteiger partial charge in [0.05, 0.1) is 12.3 Å². The van der Waals surface area contributed by atoms with Gasteiger partial charge in [0.25, 0.3) is 5.91 Å². The van der Waals surface area contributed by atoms with Gasteiger partial charge in [0.2, 0.25) is 0 Å². The Bertz CT molecular complexity index is 669. The van der Waals surface area contributed by atoms with E-state index in [1.807, 2.05) is 30.3 Å². The van der Waals surface area contributed by atoms with Crippen molar-refractivity contribution in [1.29, 1.82) is 5.26 Å². The van der Waals surface area contributed by atoms with E-state index in [-0.39, 0.29) is 18.0 Å². The number of carbonyl (C=O) groups excluding carboxylic acids is 2. The number of nitrogens with one attached hydrogen (secondary N) is 2. The number of hydrogen-bond donors (Lipinski definition) is 2. The smallest absolute Gasteiger partial charge is 0.352 e. The standard InChI is InChI=1S/C15H13N3O3/c1-2-21-15(20)11(9-16)14-17-12(8-13(19)18-14)10-6-4-3-5-7-10/h3-8,17H,2H2,1H3,(H,18,19)/b14-11+. The predicted molar refractivity (Wildman–Crippen MR) is 75.0 cm³/mol. The minimum atomic E-state index is -0.780. The molecule has 6 nitrogen and oxygen atoms in total. The highest BCUT2D eigenvalue weighted by Gasteiger charge is 2.22. The maximum atomic E-state index is 11.7. The normalized spacial score (nSPS) is 16.0. The molecule has 2 rings (SSSR count). The summed E-state index contributed by atoms with van der Waals surface area (Å²) in [5.41, 5.74) is 1.00. The SMILES string of the molecule is CCOC(=O)/C(C#N)=C1/NC(=O)C=C(c2ccccc2)N1. The molecule has 0 saturated carbocycles. The summed E-state index contributed by atoms with van der Waals surface area (Å²) in [5.74, 6) is -1.17. The summed E-state index contributed by atoms with van der Waals surface area (Å²) in [6, 6.07) is 10.9. The average molecular weight is 283 g/mol. The van der Waals surface area contributed by atoms with E-state index < -0.39 is 11.9 Å². The molecule has 0 bridgehead atoms. The molecule has 0 unspecified atom stereocenters. The van der Waals surface area contributed by atoms with Gasteiger partial charge in [-0.3, -0.25) is 4.79 Å². The van der Waals surface area contributed by atoms with Crippen LogP contribution in [0.2, 0.25) is 0 Å². The van der Waals surface area contributed by atoms with Gasteiger partial charge in [0, 0.05) is 6.08 Å². The molecule has 106 valence electrons.